The van der Waals surface area contributed by atoms with Crippen LogP contribution in [0.15, 0.2) is 24.3 Å². The summed E-state index contributed by atoms with van der Waals surface area (Å²) in [7, 11) is 1.58. The highest BCUT2D eigenvalue weighted by Crippen LogP contribution is 2.48. The maximum atomic E-state index is 12.5. The standard InChI is InChI=1S/C19H25N3O5/c1-20-16(23)8-10-27-15-6-4-14(5-7-15)21-18(26)22-11-13-3-2-9-19(13,12-22)17(24)25/h4-7,13H,2-3,8-12H2,1H3,(H,20,23)(H,21,26)(H,24,25)/t13-,19+/m0/s1. The van der Waals surface area contributed by atoms with Crippen molar-refractivity contribution in [3.05, 3.63) is 24.3 Å². The third-order valence-electron chi connectivity index (χ3n) is 5.57. The molecule has 8 heteroatoms. The summed E-state index contributed by atoms with van der Waals surface area (Å²) >= 11 is 0. The van der Waals surface area contributed by atoms with Crippen LogP contribution in [0.1, 0.15) is 25.7 Å². The van der Waals surface area contributed by atoms with Gasteiger partial charge in [0.1, 0.15) is 5.75 Å². The molecular weight excluding hydrogens is 350 g/mol. The summed E-state index contributed by atoms with van der Waals surface area (Å²) in [6.07, 6.45) is 2.68. The number of anilines is 1. The minimum atomic E-state index is -0.793. The lowest BCUT2D eigenvalue weighted by Gasteiger charge is -2.23. The van der Waals surface area contributed by atoms with Crippen LogP contribution >= 0.6 is 0 Å². The molecule has 1 aliphatic heterocycles. The SMILES string of the molecule is CNC(=O)CCOc1ccc(NC(=O)N2C[C@@H]3CCC[C@@]3(C(=O)O)C2)cc1. The van der Waals surface area contributed by atoms with E-state index in [1.807, 2.05) is 0 Å². The molecule has 0 radical (unpaired) electrons. The van der Waals surface area contributed by atoms with Gasteiger partial charge >= 0.3 is 12.0 Å². The number of likely N-dealkylation sites (tertiary alicyclic amines) is 1. The Morgan fingerprint density at radius 2 is 2.04 bits per heavy atom. The second-order valence-corrected chi connectivity index (χ2v) is 7.16. The third-order valence-corrected chi connectivity index (χ3v) is 5.57. The number of rotatable bonds is 6. The quantitative estimate of drug-likeness (QED) is 0.704. The zero-order valence-electron chi connectivity index (χ0n) is 15.4. The van der Waals surface area contributed by atoms with Crippen molar-refractivity contribution in [2.45, 2.75) is 25.7 Å². The van der Waals surface area contributed by atoms with Gasteiger partial charge in [-0.2, -0.15) is 0 Å². The molecule has 8 nitrogen and oxygen atoms in total. The van der Waals surface area contributed by atoms with Crippen molar-refractivity contribution < 1.29 is 24.2 Å². The molecule has 146 valence electrons. The second-order valence-electron chi connectivity index (χ2n) is 7.16. The monoisotopic (exact) mass is 375 g/mol. The largest absolute Gasteiger partial charge is 0.493 e. The average molecular weight is 375 g/mol. The number of hydrogen-bond acceptors (Lipinski definition) is 4. The van der Waals surface area contributed by atoms with Crippen molar-refractivity contribution in [1.29, 1.82) is 0 Å². The number of benzene rings is 1. The molecule has 3 N–H and O–H groups in total. The first kappa shape index (κ1) is 19.0. The molecule has 27 heavy (non-hydrogen) atoms. The molecule has 1 heterocycles. The highest BCUT2D eigenvalue weighted by molar-refractivity contribution is 5.90. The number of amides is 3. The van der Waals surface area contributed by atoms with Gasteiger partial charge in [-0.15, -0.1) is 0 Å². The maximum absolute atomic E-state index is 12.5. The minimum absolute atomic E-state index is 0.0387. The van der Waals surface area contributed by atoms with E-state index < -0.39 is 11.4 Å². The Hall–Kier alpha value is -2.77. The number of ether oxygens (including phenoxy) is 1. The normalized spacial score (nSPS) is 23.6. The van der Waals surface area contributed by atoms with Gasteiger partial charge in [0.05, 0.1) is 18.4 Å². The van der Waals surface area contributed by atoms with Gasteiger partial charge < -0.3 is 25.4 Å². The Labute approximate surface area is 157 Å². The predicted molar refractivity (Wildman–Crippen MR) is 98.6 cm³/mol. The summed E-state index contributed by atoms with van der Waals surface area (Å²) in [4.78, 5) is 37.0. The van der Waals surface area contributed by atoms with Crippen molar-refractivity contribution in [3.8, 4) is 5.75 Å². The summed E-state index contributed by atoms with van der Waals surface area (Å²) in [6.45, 7) is 1.02. The van der Waals surface area contributed by atoms with E-state index in [9.17, 15) is 19.5 Å². The van der Waals surface area contributed by atoms with Crippen LogP contribution in [0.3, 0.4) is 0 Å². The zero-order valence-corrected chi connectivity index (χ0v) is 15.4. The van der Waals surface area contributed by atoms with E-state index in [-0.39, 0.29) is 37.4 Å². The summed E-state index contributed by atoms with van der Waals surface area (Å²) in [6, 6.07) is 6.60. The molecule has 1 saturated heterocycles. The lowest BCUT2D eigenvalue weighted by atomic mass is 9.81. The van der Waals surface area contributed by atoms with Crippen LogP contribution in [0.25, 0.3) is 0 Å². The summed E-state index contributed by atoms with van der Waals surface area (Å²) in [5.41, 5.74) is -0.167. The van der Waals surface area contributed by atoms with Crippen LogP contribution in [-0.2, 0) is 9.59 Å². The molecule has 2 atom stereocenters. The molecular formula is C19H25N3O5. The van der Waals surface area contributed by atoms with Gasteiger partial charge in [-0.05, 0) is 43.0 Å². The molecule has 0 bridgehead atoms. The fraction of sp³-hybridized carbons (Fsp3) is 0.526. The van der Waals surface area contributed by atoms with E-state index in [2.05, 4.69) is 10.6 Å². The second kappa shape index (κ2) is 7.85. The average Bonchev–Trinajstić information content (AvgIpc) is 3.21. The van der Waals surface area contributed by atoms with Crippen LogP contribution in [0.5, 0.6) is 5.75 Å². The number of nitrogens with one attached hydrogen (secondary N) is 2. The van der Waals surface area contributed by atoms with Crippen LogP contribution in [0, 0.1) is 11.3 Å². The van der Waals surface area contributed by atoms with Crippen molar-refractivity contribution in [2.24, 2.45) is 11.3 Å². The third kappa shape index (κ3) is 3.99. The number of hydrogen-bond donors (Lipinski definition) is 3. The number of aliphatic carboxylic acids is 1. The summed E-state index contributed by atoms with van der Waals surface area (Å²) in [5, 5.41) is 15.0. The van der Waals surface area contributed by atoms with E-state index in [1.165, 1.54) is 0 Å². The molecule has 1 saturated carbocycles. The highest BCUT2D eigenvalue weighted by atomic mass is 16.5. The molecule has 1 aromatic carbocycles. The molecule has 0 spiro atoms. The fourth-order valence-electron chi connectivity index (χ4n) is 4.02. The Morgan fingerprint density at radius 3 is 2.67 bits per heavy atom. The van der Waals surface area contributed by atoms with E-state index in [0.717, 1.165) is 12.8 Å². The fourth-order valence-corrected chi connectivity index (χ4v) is 4.02. The lowest BCUT2D eigenvalue weighted by molar-refractivity contribution is -0.149. The Balaban J connectivity index is 1.53. The van der Waals surface area contributed by atoms with Gasteiger partial charge in [-0.25, -0.2) is 4.79 Å². The Morgan fingerprint density at radius 1 is 1.30 bits per heavy atom. The number of urea groups is 1. The van der Waals surface area contributed by atoms with Crippen molar-refractivity contribution >= 4 is 23.6 Å². The summed E-state index contributed by atoms with van der Waals surface area (Å²) < 4.78 is 5.48. The molecule has 0 unspecified atom stereocenters. The highest BCUT2D eigenvalue weighted by Gasteiger charge is 2.55. The van der Waals surface area contributed by atoms with Crippen LogP contribution < -0.4 is 15.4 Å². The topological polar surface area (TPSA) is 108 Å². The number of fused-ring (bicyclic) bond motifs is 1. The van der Waals surface area contributed by atoms with E-state index in [0.29, 0.717) is 24.4 Å². The number of carboxylic acids is 1. The number of carbonyl (C=O) groups excluding carboxylic acids is 2. The number of carbonyl (C=O) groups is 3. The van der Waals surface area contributed by atoms with Crippen LogP contribution in [0.2, 0.25) is 0 Å². The van der Waals surface area contributed by atoms with Gasteiger partial charge in [0.25, 0.3) is 0 Å². The molecule has 2 aliphatic rings. The smallest absolute Gasteiger partial charge is 0.321 e. The Bertz CT molecular complexity index is 721. The van der Waals surface area contributed by atoms with Gasteiger partial charge in [-0.3, -0.25) is 9.59 Å². The first-order valence-corrected chi connectivity index (χ1v) is 9.17. The molecule has 1 aromatic rings. The first-order valence-electron chi connectivity index (χ1n) is 9.17. The van der Waals surface area contributed by atoms with Crippen LogP contribution in [-0.4, -0.2) is 54.7 Å². The number of nitrogens with zero attached hydrogens (tertiary/aromatic N) is 1. The van der Waals surface area contributed by atoms with Crippen LogP contribution in [0.4, 0.5) is 10.5 Å². The van der Waals surface area contributed by atoms with E-state index in [1.54, 1.807) is 36.2 Å². The Kier molecular flexibility index (Phi) is 5.53. The molecule has 3 amide bonds. The van der Waals surface area contributed by atoms with E-state index >= 15 is 0 Å². The van der Waals surface area contributed by atoms with E-state index in [4.69, 9.17) is 4.74 Å². The van der Waals surface area contributed by atoms with Crippen molar-refractivity contribution in [3.63, 3.8) is 0 Å². The van der Waals surface area contributed by atoms with Gasteiger partial charge in [0, 0.05) is 25.8 Å². The first-order chi connectivity index (χ1) is 12.9. The maximum Gasteiger partial charge on any atom is 0.321 e. The van der Waals surface area contributed by atoms with Crippen molar-refractivity contribution in [1.82, 2.24) is 10.2 Å². The zero-order chi connectivity index (χ0) is 19.4. The lowest BCUT2D eigenvalue weighted by Crippen LogP contribution is -2.38. The van der Waals surface area contributed by atoms with Crippen molar-refractivity contribution in [2.75, 3.05) is 32.1 Å². The molecule has 3 rings (SSSR count). The molecule has 1 aliphatic carbocycles. The van der Waals surface area contributed by atoms with Gasteiger partial charge in [-0.1, -0.05) is 6.42 Å². The van der Waals surface area contributed by atoms with Gasteiger partial charge in [0.2, 0.25) is 5.91 Å². The molecule has 2 fully saturated rings. The number of carboxylic acid groups (broad SMARTS) is 1. The predicted octanol–water partition coefficient (Wildman–Crippen LogP) is 1.92. The molecule has 0 aromatic heterocycles. The minimum Gasteiger partial charge on any atom is -0.493 e. The summed E-state index contributed by atoms with van der Waals surface area (Å²) in [5.74, 6) is -0.235. The van der Waals surface area contributed by atoms with Gasteiger partial charge in [0.15, 0.2) is 0 Å².